The quantitative estimate of drug-likeness (QED) is 0.894. The van der Waals surface area contributed by atoms with Crippen molar-refractivity contribution < 1.29 is 9.90 Å². The Balaban J connectivity index is 2.23. The molecule has 0 saturated heterocycles. The number of aromatic hydroxyl groups is 1. The van der Waals surface area contributed by atoms with Crippen molar-refractivity contribution in [2.24, 2.45) is 0 Å². The van der Waals surface area contributed by atoms with Gasteiger partial charge in [0.05, 0.1) is 5.56 Å². The van der Waals surface area contributed by atoms with Gasteiger partial charge in [0.25, 0.3) is 5.91 Å². The molecule has 98 valence electrons. The van der Waals surface area contributed by atoms with E-state index in [0.29, 0.717) is 10.7 Å². The molecule has 0 aliphatic carbocycles. The second-order valence-corrected chi connectivity index (χ2v) is 4.61. The molecule has 0 bridgehead atoms. The Labute approximate surface area is 116 Å². The van der Waals surface area contributed by atoms with E-state index in [2.05, 4.69) is 5.32 Å². The van der Waals surface area contributed by atoms with E-state index in [9.17, 15) is 9.90 Å². The fourth-order valence-corrected chi connectivity index (χ4v) is 1.93. The van der Waals surface area contributed by atoms with Crippen molar-refractivity contribution in [3.05, 3.63) is 58.6 Å². The lowest BCUT2D eigenvalue weighted by Gasteiger charge is -2.08. The summed E-state index contributed by atoms with van der Waals surface area (Å²) in [7, 11) is 0. The zero-order valence-corrected chi connectivity index (χ0v) is 11.2. The fraction of sp³-hybridized carbons (Fsp3) is 0.133. The summed E-state index contributed by atoms with van der Waals surface area (Å²) in [6, 6.07) is 12.0. The van der Waals surface area contributed by atoms with Crippen molar-refractivity contribution in [1.29, 1.82) is 0 Å². The lowest BCUT2D eigenvalue weighted by Crippen LogP contribution is -2.12. The van der Waals surface area contributed by atoms with Crippen LogP contribution in [0.5, 0.6) is 5.75 Å². The summed E-state index contributed by atoms with van der Waals surface area (Å²) in [4.78, 5) is 12.1. The van der Waals surface area contributed by atoms with Gasteiger partial charge in [0.15, 0.2) is 0 Å². The molecule has 0 radical (unpaired) electrons. The lowest BCUT2D eigenvalue weighted by atomic mass is 10.1. The van der Waals surface area contributed by atoms with Gasteiger partial charge in [0.1, 0.15) is 5.75 Å². The van der Waals surface area contributed by atoms with Gasteiger partial charge in [0.2, 0.25) is 0 Å². The Morgan fingerprint density at radius 3 is 2.79 bits per heavy atom. The van der Waals surface area contributed by atoms with Crippen LogP contribution in [0.4, 0.5) is 5.69 Å². The van der Waals surface area contributed by atoms with Crippen LogP contribution in [-0.4, -0.2) is 11.0 Å². The maximum atomic E-state index is 12.1. The third-order valence-corrected chi connectivity index (χ3v) is 3.03. The smallest absolute Gasteiger partial charge is 0.259 e. The summed E-state index contributed by atoms with van der Waals surface area (Å²) in [5.74, 6) is -0.471. The predicted molar refractivity (Wildman–Crippen MR) is 76.9 cm³/mol. The zero-order valence-electron chi connectivity index (χ0n) is 10.5. The van der Waals surface area contributed by atoms with Crippen LogP contribution in [-0.2, 0) is 6.42 Å². The molecule has 0 atom stereocenters. The second kappa shape index (κ2) is 5.76. The van der Waals surface area contributed by atoms with E-state index in [0.717, 1.165) is 12.0 Å². The van der Waals surface area contributed by atoms with Crippen LogP contribution in [0.3, 0.4) is 0 Å². The van der Waals surface area contributed by atoms with Gasteiger partial charge in [-0.05, 0) is 42.3 Å². The molecule has 4 heteroatoms. The number of amides is 1. The number of hydrogen-bond donors (Lipinski definition) is 2. The highest BCUT2D eigenvalue weighted by Gasteiger charge is 2.12. The summed E-state index contributed by atoms with van der Waals surface area (Å²) >= 11 is 5.82. The van der Waals surface area contributed by atoms with Crippen LogP contribution in [0.2, 0.25) is 5.02 Å². The van der Waals surface area contributed by atoms with Gasteiger partial charge < -0.3 is 10.4 Å². The first kappa shape index (κ1) is 13.4. The number of nitrogens with one attached hydrogen (secondary N) is 1. The first-order chi connectivity index (χ1) is 9.10. The molecule has 0 saturated carbocycles. The number of phenolic OH excluding ortho intramolecular Hbond substituents is 1. The summed E-state index contributed by atoms with van der Waals surface area (Å²) < 4.78 is 0. The Morgan fingerprint density at radius 2 is 2.05 bits per heavy atom. The Bertz CT molecular complexity index is 611. The third-order valence-electron chi connectivity index (χ3n) is 2.80. The average Bonchev–Trinajstić information content (AvgIpc) is 2.41. The maximum absolute atomic E-state index is 12.1. The molecule has 3 nitrogen and oxygen atoms in total. The van der Waals surface area contributed by atoms with Gasteiger partial charge in [-0.3, -0.25) is 4.79 Å². The first-order valence-electron chi connectivity index (χ1n) is 5.99. The molecule has 0 heterocycles. The van der Waals surface area contributed by atoms with Crippen LogP contribution >= 0.6 is 11.6 Å². The minimum atomic E-state index is -0.381. The number of halogens is 1. The molecule has 19 heavy (non-hydrogen) atoms. The van der Waals surface area contributed by atoms with Gasteiger partial charge in [-0.25, -0.2) is 0 Å². The molecule has 0 aromatic heterocycles. The normalized spacial score (nSPS) is 10.2. The van der Waals surface area contributed by atoms with Crippen LogP contribution < -0.4 is 5.32 Å². The van der Waals surface area contributed by atoms with E-state index >= 15 is 0 Å². The monoisotopic (exact) mass is 275 g/mol. The molecule has 0 aliphatic heterocycles. The van der Waals surface area contributed by atoms with Crippen LogP contribution in [0, 0.1) is 0 Å². The van der Waals surface area contributed by atoms with Crippen LogP contribution in [0.15, 0.2) is 42.5 Å². The number of phenols is 1. The fourth-order valence-electron chi connectivity index (χ4n) is 1.76. The first-order valence-corrected chi connectivity index (χ1v) is 6.36. The topological polar surface area (TPSA) is 49.3 Å². The summed E-state index contributed by atoms with van der Waals surface area (Å²) in [5, 5.41) is 12.8. The number of rotatable bonds is 3. The molecule has 0 aliphatic rings. The maximum Gasteiger partial charge on any atom is 0.259 e. The highest BCUT2D eigenvalue weighted by Crippen LogP contribution is 2.22. The summed E-state index contributed by atoms with van der Waals surface area (Å²) in [6.45, 7) is 2.05. The number of carbonyl (C=O) groups excluding carboxylic acids is 1. The molecule has 2 rings (SSSR count). The standard InChI is InChI=1S/C15H14ClNO2/c1-2-10-4-3-5-12(8-10)17-15(19)13-9-11(16)6-7-14(13)18/h3-9,18H,2H2,1H3,(H,17,19). The number of aryl methyl sites for hydroxylation is 1. The SMILES string of the molecule is CCc1cccc(NC(=O)c2cc(Cl)ccc2O)c1. The molecule has 2 aromatic rings. The van der Waals surface area contributed by atoms with Crippen molar-refractivity contribution in [1.82, 2.24) is 0 Å². The lowest BCUT2D eigenvalue weighted by molar-refractivity contribution is 0.102. The Kier molecular flexibility index (Phi) is 4.07. The minimum absolute atomic E-state index is 0.0893. The Morgan fingerprint density at radius 1 is 1.26 bits per heavy atom. The summed E-state index contributed by atoms with van der Waals surface area (Å²) in [5.41, 5.74) is 1.99. The van der Waals surface area contributed by atoms with E-state index < -0.39 is 0 Å². The van der Waals surface area contributed by atoms with Gasteiger partial charge in [-0.15, -0.1) is 0 Å². The average molecular weight is 276 g/mol. The molecular formula is C15H14ClNO2. The predicted octanol–water partition coefficient (Wildman–Crippen LogP) is 3.86. The highest BCUT2D eigenvalue weighted by atomic mass is 35.5. The van der Waals surface area contributed by atoms with Crippen molar-refractivity contribution in [2.45, 2.75) is 13.3 Å². The van der Waals surface area contributed by atoms with Gasteiger partial charge in [-0.1, -0.05) is 30.7 Å². The third kappa shape index (κ3) is 3.26. The zero-order chi connectivity index (χ0) is 13.8. The van der Waals surface area contributed by atoms with E-state index in [1.165, 1.54) is 18.2 Å². The number of hydrogen-bond acceptors (Lipinski definition) is 2. The van der Waals surface area contributed by atoms with E-state index in [-0.39, 0.29) is 17.2 Å². The minimum Gasteiger partial charge on any atom is -0.507 e. The molecule has 2 N–H and O–H groups in total. The van der Waals surface area contributed by atoms with Gasteiger partial charge >= 0.3 is 0 Å². The second-order valence-electron chi connectivity index (χ2n) is 4.17. The van der Waals surface area contributed by atoms with Crippen molar-refractivity contribution in [3.8, 4) is 5.75 Å². The Hall–Kier alpha value is -2.00. The molecule has 0 unspecified atom stereocenters. The highest BCUT2D eigenvalue weighted by molar-refractivity contribution is 6.31. The van der Waals surface area contributed by atoms with E-state index in [1.807, 2.05) is 25.1 Å². The molecule has 1 amide bonds. The number of benzene rings is 2. The summed E-state index contributed by atoms with van der Waals surface area (Å²) in [6.07, 6.45) is 0.895. The molecule has 2 aromatic carbocycles. The largest absolute Gasteiger partial charge is 0.507 e. The number of carbonyl (C=O) groups is 1. The van der Waals surface area contributed by atoms with Crippen molar-refractivity contribution >= 4 is 23.2 Å². The van der Waals surface area contributed by atoms with Crippen LogP contribution in [0.25, 0.3) is 0 Å². The van der Waals surface area contributed by atoms with E-state index in [1.54, 1.807) is 6.07 Å². The van der Waals surface area contributed by atoms with Gasteiger partial charge in [-0.2, -0.15) is 0 Å². The van der Waals surface area contributed by atoms with Crippen LogP contribution in [0.1, 0.15) is 22.8 Å². The van der Waals surface area contributed by atoms with Crippen molar-refractivity contribution in [2.75, 3.05) is 5.32 Å². The molecule has 0 spiro atoms. The van der Waals surface area contributed by atoms with Gasteiger partial charge in [0, 0.05) is 10.7 Å². The molecular weight excluding hydrogens is 262 g/mol. The number of anilines is 1. The van der Waals surface area contributed by atoms with E-state index in [4.69, 9.17) is 11.6 Å². The van der Waals surface area contributed by atoms with Crippen molar-refractivity contribution in [3.63, 3.8) is 0 Å². The molecule has 0 fully saturated rings.